The van der Waals surface area contributed by atoms with Gasteiger partial charge in [-0.05, 0) is 28.8 Å². The first-order valence-electron chi connectivity index (χ1n) is 6.91. The summed E-state index contributed by atoms with van der Waals surface area (Å²) in [5.41, 5.74) is -0.507. The molecule has 0 aliphatic heterocycles. The Bertz CT molecular complexity index is 612. The van der Waals surface area contributed by atoms with Crippen molar-refractivity contribution < 1.29 is 27.5 Å². The van der Waals surface area contributed by atoms with Crippen molar-refractivity contribution in [1.82, 2.24) is 15.1 Å². The van der Waals surface area contributed by atoms with Gasteiger partial charge in [0, 0.05) is 12.3 Å². The van der Waals surface area contributed by atoms with Crippen LogP contribution < -0.4 is 5.32 Å². The van der Waals surface area contributed by atoms with Crippen LogP contribution in [0.2, 0.25) is 0 Å². The van der Waals surface area contributed by atoms with Crippen LogP contribution in [-0.2, 0) is 27.0 Å². The molecule has 1 heterocycles. The van der Waals surface area contributed by atoms with Crippen LogP contribution in [0.1, 0.15) is 36.6 Å². The number of ether oxygens (including phenoxy) is 1. The number of carbonyl (C=O) groups is 2. The first-order chi connectivity index (χ1) is 10.7. The van der Waals surface area contributed by atoms with Gasteiger partial charge in [0.05, 0.1) is 23.8 Å². The summed E-state index contributed by atoms with van der Waals surface area (Å²) >= 11 is 2.98. The molecule has 128 valence electrons. The Balaban J connectivity index is 2.05. The smallest absolute Gasteiger partial charge is 0.436 e. The van der Waals surface area contributed by atoms with Gasteiger partial charge in [0.1, 0.15) is 6.54 Å². The average molecular weight is 398 g/mol. The van der Waals surface area contributed by atoms with Crippen molar-refractivity contribution in [3.05, 3.63) is 15.9 Å². The van der Waals surface area contributed by atoms with E-state index in [1.165, 1.54) is 11.8 Å². The average Bonchev–Trinajstić information content (AvgIpc) is 3.25. The standard InChI is InChI=1S/C13H15BrF3N3O3/c1-23-9(22)6-18-8(21)4-5-20-11(7-2-3-7)10(14)12(19-20)13(15,16)17/h7H,2-6H2,1H3,(H,18,21). The topological polar surface area (TPSA) is 73.2 Å². The molecule has 2 rings (SSSR count). The van der Waals surface area contributed by atoms with Crippen LogP contribution in [-0.4, -0.2) is 35.3 Å². The summed E-state index contributed by atoms with van der Waals surface area (Å²) in [6.07, 6.45) is -3.03. The van der Waals surface area contributed by atoms with E-state index >= 15 is 0 Å². The van der Waals surface area contributed by atoms with Gasteiger partial charge in [0.25, 0.3) is 0 Å². The molecule has 1 aliphatic carbocycles. The number of methoxy groups -OCH3 is 1. The highest BCUT2D eigenvalue weighted by atomic mass is 79.9. The number of rotatable bonds is 6. The number of hydrogen-bond donors (Lipinski definition) is 1. The van der Waals surface area contributed by atoms with Gasteiger partial charge in [-0.2, -0.15) is 18.3 Å². The van der Waals surface area contributed by atoms with Crippen molar-refractivity contribution >= 4 is 27.8 Å². The molecular weight excluding hydrogens is 383 g/mol. The lowest BCUT2D eigenvalue weighted by Crippen LogP contribution is -2.30. The number of carbonyl (C=O) groups excluding carboxylic acids is 2. The number of hydrogen-bond acceptors (Lipinski definition) is 4. The van der Waals surface area contributed by atoms with Crippen molar-refractivity contribution in [1.29, 1.82) is 0 Å². The minimum atomic E-state index is -4.55. The van der Waals surface area contributed by atoms with E-state index in [0.29, 0.717) is 5.69 Å². The molecule has 6 nitrogen and oxygen atoms in total. The van der Waals surface area contributed by atoms with Crippen LogP contribution in [0.4, 0.5) is 13.2 Å². The van der Waals surface area contributed by atoms with Crippen molar-refractivity contribution in [2.75, 3.05) is 13.7 Å². The molecule has 0 saturated heterocycles. The van der Waals surface area contributed by atoms with Gasteiger partial charge in [0.15, 0.2) is 5.69 Å². The van der Waals surface area contributed by atoms with Gasteiger partial charge in [-0.3, -0.25) is 14.3 Å². The van der Waals surface area contributed by atoms with Crippen LogP contribution in [0.25, 0.3) is 0 Å². The summed E-state index contributed by atoms with van der Waals surface area (Å²) in [6.45, 7) is -0.269. The van der Waals surface area contributed by atoms with E-state index in [1.54, 1.807) is 0 Å². The van der Waals surface area contributed by atoms with Gasteiger partial charge in [-0.15, -0.1) is 0 Å². The molecule has 0 unspecified atom stereocenters. The van der Waals surface area contributed by atoms with Gasteiger partial charge in [-0.25, -0.2) is 0 Å². The zero-order valence-electron chi connectivity index (χ0n) is 12.2. The molecule has 1 aromatic heterocycles. The Labute approximate surface area is 138 Å². The highest BCUT2D eigenvalue weighted by molar-refractivity contribution is 9.10. The fourth-order valence-corrected chi connectivity index (χ4v) is 2.92. The monoisotopic (exact) mass is 397 g/mol. The van der Waals surface area contributed by atoms with E-state index < -0.39 is 23.7 Å². The molecule has 23 heavy (non-hydrogen) atoms. The molecule has 0 radical (unpaired) electrons. The molecule has 1 saturated carbocycles. The highest BCUT2D eigenvalue weighted by Gasteiger charge is 2.41. The van der Waals surface area contributed by atoms with E-state index in [2.05, 4.69) is 31.1 Å². The second kappa shape index (κ2) is 6.90. The fourth-order valence-electron chi connectivity index (χ4n) is 2.09. The lowest BCUT2D eigenvalue weighted by molar-refractivity contribution is -0.142. The molecule has 1 N–H and O–H groups in total. The van der Waals surface area contributed by atoms with Gasteiger partial charge >= 0.3 is 12.1 Å². The number of amides is 1. The normalized spacial score (nSPS) is 14.7. The van der Waals surface area contributed by atoms with Crippen LogP contribution in [0.15, 0.2) is 4.47 Å². The fraction of sp³-hybridized carbons (Fsp3) is 0.615. The summed E-state index contributed by atoms with van der Waals surface area (Å²) in [5.74, 6) is -1.03. The molecule has 0 spiro atoms. The number of aryl methyl sites for hydroxylation is 1. The molecule has 1 fully saturated rings. The third-order valence-electron chi connectivity index (χ3n) is 3.37. The first-order valence-corrected chi connectivity index (χ1v) is 7.70. The van der Waals surface area contributed by atoms with Gasteiger partial charge in [0.2, 0.25) is 5.91 Å². The van der Waals surface area contributed by atoms with Crippen LogP contribution in [0.3, 0.4) is 0 Å². The number of aromatic nitrogens is 2. The van der Waals surface area contributed by atoms with Crippen molar-refractivity contribution in [2.45, 2.75) is 37.9 Å². The van der Waals surface area contributed by atoms with E-state index in [9.17, 15) is 22.8 Å². The third kappa shape index (κ3) is 4.46. The summed E-state index contributed by atoms with van der Waals surface area (Å²) in [4.78, 5) is 22.5. The number of esters is 1. The lowest BCUT2D eigenvalue weighted by Gasteiger charge is -2.07. The van der Waals surface area contributed by atoms with Crippen molar-refractivity contribution in [2.24, 2.45) is 0 Å². The largest absolute Gasteiger partial charge is 0.468 e. The summed E-state index contributed by atoms with van der Waals surface area (Å²) < 4.78 is 44.4. The zero-order valence-corrected chi connectivity index (χ0v) is 13.8. The minimum absolute atomic E-state index is 0.00746. The van der Waals surface area contributed by atoms with Crippen molar-refractivity contribution in [3.63, 3.8) is 0 Å². The number of nitrogens with zero attached hydrogens (tertiary/aromatic N) is 2. The van der Waals surface area contributed by atoms with E-state index in [4.69, 9.17) is 0 Å². The molecule has 10 heteroatoms. The predicted octanol–water partition coefficient (Wildman–Crippen LogP) is 2.22. The Kier molecular flexibility index (Phi) is 5.33. The highest BCUT2D eigenvalue weighted by Crippen LogP contribution is 2.46. The summed E-state index contributed by atoms with van der Waals surface area (Å²) in [5, 5.41) is 5.93. The van der Waals surface area contributed by atoms with Crippen LogP contribution >= 0.6 is 15.9 Å². The lowest BCUT2D eigenvalue weighted by atomic mass is 10.2. The van der Waals surface area contributed by atoms with Crippen LogP contribution in [0.5, 0.6) is 0 Å². The second-order valence-corrected chi connectivity index (χ2v) is 5.94. The Morgan fingerprint density at radius 3 is 2.61 bits per heavy atom. The maximum absolute atomic E-state index is 12.9. The van der Waals surface area contributed by atoms with Crippen LogP contribution in [0, 0.1) is 0 Å². The minimum Gasteiger partial charge on any atom is -0.468 e. The second-order valence-electron chi connectivity index (χ2n) is 5.15. The third-order valence-corrected chi connectivity index (χ3v) is 4.15. The Morgan fingerprint density at radius 1 is 1.43 bits per heavy atom. The molecular formula is C13H15BrF3N3O3. The van der Waals surface area contributed by atoms with Crippen molar-refractivity contribution in [3.8, 4) is 0 Å². The number of nitrogens with one attached hydrogen (secondary N) is 1. The summed E-state index contributed by atoms with van der Waals surface area (Å²) in [6, 6.07) is 0. The molecule has 1 aromatic rings. The number of halogens is 4. The van der Waals surface area contributed by atoms with Gasteiger partial charge in [-0.1, -0.05) is 0 Å². The SMILES string of the molecule is COC(=O)CNC(=O)CCn1nc(C(F)(F)F)c(Br)c1C1CC1. The van der Waals surface area contributed by atoms with E-state index in [0.717, 1.165) is 12.8 Å². The molecule has 1 aliphatic rings. The molecule has 0 bridgehead atoms. The van der Waals surface area contributed by atoms with E-state index in [-0.39, 0.29) is 29.9 Å². The molecule has 0 atom stereocenters. The Morgan fingerprint density at radius 2 is 2.09 bits per heavy atom. The molecule has 0 aromatic carbocycles. The van der Waals surface area contributed by atoms with E-state index in [1.807, 2.05) is 0 Å². The maximum Gasteiger partial charge on any atom is 0.436 e. The maximum atomic E-state index is 12.9. The first kappa shape index (κ1) is 17.8. The quantitative estimate of drug-likeness (QED) is 0.746. The number of alkyl halides is 3. The summed E-state index contributed by atoms with van der Waals surface area (Å²) in [7, 11) is 1.19. The van der Waals surface area contributed by atoms with Gasteiger partial charge < -0.3 is 10.1 Å². The zero-order chi connectivity index (χ0) is 17.2. The predicted molar refractivity (Wildman–Crippen MR) is 76.5 cm³/mol. The Hall–Kier alpha value is -1.58. The molecule has 1 amide bonds.